The van der Waals surface area contributed by atoms with Gasteiger partial charge in [0.1, 0.15) is 27.8 Å². The van der Waals surface area contributed by atoms with Crippen LogP contribution in [0, 0.1) is 0 Å². The fraction of sp³-hybridized carbons (Fsp3) is 0.316. The number of anilines is 1. The maximum Gasteiger partial charge on any atom is 0.353 e. The molecule has 2 amide bonds. The summed E-state index contributed by atoms with van der Waals surface area (Å²) in [5.74, 6) is -1.01. The molecule has 7 N–H and O–H groups in total. The van der Waals surface area contributed by atoms with Crippen molar-refractivity contribution < 1.29 is 24.7 Å². The number of nitrogens with zero attached hydrogens (tertiary/aromatic N) is 5. The Morgan fingerprint density at radius 2 is 2.19 bits per heavy atom. The van der Waals surface area contributed by atoms with E-state index < -0.39 is 34.9 Å². The van der Waals surface area contributed by atoms with Crippen molar-refractivity contribution in [2.45, 2.75) is 22.2 Å². The first-order chi connectivity index (χ1) is 17.3. The zero-order valence-electron chi connectivity index (χ0n) is 18.4. The highest BCUT2D eigenvalue weighted by Crippen LogP contribution is 2.45. The highest BCUT2D eigenvalue weighted by Gasteiger charge is 2.54. The molecular weight excluding hydrogens is 549 g/mol. The number of carbonyl (C=O) groups excluding carboxylic acids is 2. The normalized spacial score (nSPS) is 19.6. The number of carboxylic acids is 1. The quantitative estimate of drug-likeness (QED) is 0.0863. The third kappa shape index (κ3) is 5.29. The summed E-state index contributed by atoms with van der Waals surface area (Å²) in [6.07, 6.45) is 1.57. The van der Waals surface area contributed by atoms with Crippen LogP contribution in [-0.2, 0) is 20.1 Å². The first-order valence-corrected chi connectivity index (χ1v) is 14.2. The van der Waals surface area contributed by atoms with Crippen LogP contribution in [0.4, 0.5) is 5.13 Å². The summed E-state index contributed by atoms with van der Waals surface area (Å²) in [5, 5.41) is 34.3. The van der Waals surface area contributed by atoms with Crippen LogP contribution in [0.15, 0.2) is 38.4 Å². The number of hydrogen-bond donors (Lipinski definition) is 5. The topological polar surface area (TPSA) is 210 Å². The first-order valence-electron chi connectivity index (χ1n) is 10.3. The number of thiazole rings is 1. The van der Waals surface area contributed by atoms with Crippen LogP contribution in [0.1, 0.15) is 11.3 Å². The lowest BCUT2D eigenvalue weighted by Gasteiger charge is -2.49. The standard InChI is InChI=1S/C19H20N8O5S4/c20-2-4-33-5-8-1-3-22-25-15(8)36-10-7-34-17-12(16(29)27(17)13(10)18(30)31)24-14(28)11(26-32)9-6-35-19(21)23-9/h1,3,6,12,17,32H,2,4-5,7,20H2,(H2,21,23)(H,24,28)(H,30,31)/b26-11-/t12-,17-/m1/s1. The number of aliphatic carboxylic acids is 1. The summed E-state index contributed by atoms with van der Waals surface area (Å²) in [6, 6.07) is 0.811. The maximum atomic E-state index is 12.9. The highest BCUT2D eigenvalue weighted by molar-refractivity contribution is 8.06. The molecule has 36 heavy (non-hydrogen) atoms. The van der Waals surface area contributed by atoms with Crippen molar-refractivity contribution in [2.75, 3.05) is 23.8 Å². The second-order valence-corrected chi connectivity index (χ2v) is 11.4. The van der Waals surface area contributed by atoms with Crippen molar-refractivity contribution in [3.63, 3.8) is 0 Å². The van der Waals surface area contributed by atoms with E-state index in [1.165, 1.54) is 17.1 Å². The molecule has 2 aliphatic heterocycles. The van der Waals surface area contributed by atoms with Crippen LogP contribution in [0.3, 0.4) is 0 Å². The van der Waals surface area contributed by atoms with Crippen molar-refractivity contribution in [3.05, 3.63) is 39.5 Å². The Labute approximate surface area is 221 Å². The molecule has 0 saturated carbocycles. The lowest BCUT2D eigenvalue weighted by Crippen LogP contribution is -2.71. The van der Waals surface area contributed by atoms with E-state index in [9.17, 15) is 24.7 Å². The first kappa shape index (κ1) is 26.2. The molecule has 13 nitrogen and oxygen atoms in total. The van der Waals surface area contributed by atoms with E-state index in [4.69, 9.17) is 11.5 Å². The number of β-lactam (4-membered cyclic amide) rings is 1. The Balaban J connectivity index is 1.51. The lowest BCUT2D eigenvalue weighted by molar-refractivity contribution is -0.150. The van der Waals surface area contributed by atoms with E-state index in [1.807, 2.05) is 6.07 Å². The molecule has 0 aliphatic carbocycles. The number of fused-ring (bicyclic) bond motifs is 1. The predicted octanol–water partition coefficient (Wildman–Crippen LogP) is 0.374. The molecule has 0 bridgehead atoms. The zero-order valence-corrected chi connectivity index (χ0v) is 21.6. The number of carbonyl (C=O) groups is 3. The number of nitrogen functional groups attached to an aromatic ring is 1. The molecule has 1 fully saturated rings. The van der Waals surface area contributed by atoms with E-state index in [2.05, 4.69) is 25.7 Å². The van der Waals surface area contributed by atoms with Crippen molar-refractivity contribution in [1.82, 2.24) is 25.4 Å². The van der Waals surface area contributed by atoms with Crippen LogP contribution in [0.2, 0.25) is 0 Å². The Kier molecular flexibility index (Phi) is 8.35. The van der Waals surface area contributed by atoms with Crippen LogP contribution in [0.25, 0.3) is 0 Å². The smallest absolute Gasteiger partial charge is 0.353 e. The zero-order chi connectivity index (χ0) is 25.8. The third-order valence-electron chi connectivity index (χ3n) is 5.01. The summed E-state index contributed by atoms with van der Waals surface area (Å²) >= 11 is 5.15. The van der Waals surface area contributed by atoms with E-state index in [0.29, 0.717) is 22.2 Å². The molecule has 1 saturated heterocycles. The summed E-state index contributed by atoms with van der Waals surface area (Å²) in [7, 11) is 0. The second-order valence-electron chi connectivity index (χ2n) is 7.26. The third-order valence-corrected chi connectivity index (χ3v) is 9.30. The molecule has 0 unspecified atom stereocenters. The van der Waals surface area contributed by atoms with Gasteiger partial charge in [0.2, 0.25) is 0 Å². The summed E-state index contributed by atoms with van der Waals surface area (Å²) in [5.41, 5.74) is 11.5. The van der Waals surface area contributed by atoms with Gasteiger partial charge in [0.25, 0.3) is 11.8 Å². The van der Waals surface area contributed by atoms with Crippen LogP contribution < -0.4 is 16.8 Å². The van der Waals surface area contributed by atoms with Gasteiger partial charge in [-0.15, -0.1) is 28.2 Å². The molecule has 0 aromatic carbocycles. The molecule has 0 radical (unpaired) electrons. The molecular formula is C19H20N8O5S4. The van der Waals surface area contributed by atoms with Crippen LogP contribution in [-0.4, -0.2) is 83.4 Å². The van der Waals surface area contributed by atoms with Gasteiger partial charge in [0.15, 0.2) is 10.8 Å². The van der Waals surface area contributed by atoms with Crippen molar-refractivity contribution >= 4 is 75.2 Å². The molecule has 17 heteroatoms. The number of nitrogens with one attached hydrogen (secondary N) is 1. The van der Waals surface area contributed by atoms with Gasteiger partial charge >= 0.3 is 5.97 Å². The number of nitrogens with two attached hydrogens (primary N) is 2. The molecule has 2 aliphatic rings. The number of aromatic nitrogens is 3. The number of oxime groups is 1. The van der Waals surface area contributed by atoms with Crippen LogP contribution in [0.5, 0.6) is 0 Å². The Bertz CT molecular complexity index is 1250. The van der Waals surface area contributed by atoms with Gasteiger partial charge in [0.05, 0.1) is 0 Å². The molecule has 4 rings (SSSR count). The predicted molar refractivity (Wildman–Crippen MR) is 138 cm³/mol. The molecule has 4 heterocycles. The minimum Gasteiger partial charge on any atom is -0.477 e. The average Bonchev–Trinajstić information content (AvgIpc) is 3.29. The van der Waals surface area contributed by atoms with E-state index in [1.54, 1.807) is 18.0 Å². The Morgan fingerprint density at radius 1 is 1.39 bits per heavy atom. The number of thioether (sulfide) groups is 3. The highest BCUT2D eigenvalue weighted by atomic mass is 32.2. The molecule has 190 valence electrons. The minimum atomic E-state index is -1.26. The monoisotopic (exact) mass is 568 g/mol. The molecule has 2 aromatic heterocycles. The van der Waals surface area contributed by atoms with Crippen molar-refractivity contribution in [1.29, 1.82) is 0 Å². The Hall–Kier alpha value is -2.86. The summed E-state index contributed by atoms with van der Waals surface area (Å²) < 4.78 is 0. The van der Waals surface area contributed by atoms with Crippen molar-refractivity contribution in [2.24, 2.45) is 10.9 Å². The molecule has 2 atom stereocenters. The SMILES string of the molecule is NCCSCc1ccnnc1SC1=C(C(=O)O)N2C(=O)[C@@H](NC(=O)/C(=N\O)c3csc(N)n3)[C@H]2SC1. The number of rotatable bonds is 10. The van der Waals surface area contributed by atoms with Gasteiger partial charge < -0.3 is 27.1 Å². The molecule has 0 spiro atoms. The fourth-order valence-electron chi connectivity index (χ4n) is 3.41. The number of amides is 2. The van der Waals surface area contributed by atoms with Gasteiger partial charge in [-0.05, 0) is 11.6 Å². The Morgan fingerprint density at radius 3 is 2.86 bits per heavy atom. The van der Waals surface area contributed by atoms with Gasteiger partial charge in [-0.1, -0.05) is 16.9 Å². The average molecular weight is 569 g/mol. The second kappa shape index (κ2) is 11.5. The van der Waals surface area contributed by atoms with E-state index in [0.717, 1.165) is 39.3 Å². The largest absolute Gasteiger partial charge is 0.477 e. The van der Waals surface area contributed by atoms with Gasteiger partial charge in [-0.2, -0.15) is 16.9 Å². The van der Waals surface area contributed by atoms with Crippen LogP contribution >= 0.6 is 46.6 Å². The molecule has 2 aromatic rings. The van der Waals surface area contributed by atoms with Gasteiger partial charge in [0, 0.05) is 40.3 Å². The fourth-order valence-corrected chi connectivity index (χ4v) is 7.32. The summed E-state index contributed by atoms with van der Waals surface area (Å²) in [6.45, 7) is 0.538. The number of hydrogen-bond acceptors (Lipinski definition) is 14. The lowest BCUT2D eigenvalue weighted by atomic mass is 10.0. The summed E-state index contributed by atoms with van der Waals surface area (Å²) in [4.78, 5) is 43.3. The number of carboxylic acid groups (broad SMARTS) is 1. The van der Waals surface area contributed by atoms with E-state index in [-0.39, 0.29) is 22.3 Å². The maximum absolute atomic E-state index is 12.9. The van der Waals surface area contributed by atoms with Crippen molar-refractivity contribution in [3.8, 4) is 0 Å². The van der Waals surface area contributed by atoms with E-state index >= 15 is 0 Å². The minimum absolute atomic E-state index is 0.0617. The van der Waals surface area contributed by atoms with Gasteiger partial charge in [-0.3, -0.25) is 14.5 Å². The van der Waals surface area contributed by atoms with Gasteiger partial charge in [-0.25, -0.2) is 9.78 Å².